The fourth-order valence-electron chi connectivity index (χ4n) is 3.99. The second-order valence-corrected chi connectivity index (χ2v) is 9.51. The van der Waals surface area contributed by atoms with Crippen LogP contribution >= 0.6 is 0 Å². The lowest BCUT2D eigenvalue weighted by molar-refractivity contribution is -0.0767. The highest BCUT2D eigenvalue weighted by Crippen LogP contribution is 2.40. The number of nitrogens with one attached hydrogen (secondary N) is 2. The number of anilines is 1. The van der Waals surface area contributed by atoms with Crippen molar-refractivity contribution in [3.05, 3.63) is 18.3 Å². The van der Waals surface area contributed by atoms with Crippen LogP contribution in [0.25, 0.3) is 0 Å². The van der Waals surface area contributed by atoms with E-state index in [0.717, 1.165) is 50.9 Å². The average molecular weight is 365 g/mol. The Morgan fingerprint density at radius 3 is 2.68 bits per heavy atom. The summed E-state index contributed by atoms with van der Waals surface area (Å²) in [5.74, 6) is 1.25. The fourth-order valence-corrected chi connectivity index (χ4v) is 5.05. The summed E-state index contributed by atoms with van der Waals surface area (Å²) in [5.41, 5.74) is 0.0614. The molecule has 1 aromatic heterocycles. The number of pyridine rings is 1. The predicted molar refractivity (Wildman–Crippen MR) is 95.9 cm³/mol. The molecule has 0 amide bonds. The van der Waals surface area contributed by atoms with E-state index >= 15 is 0 Å². The van der Waals surface area contributed by atoms with Gasteiger partial charge < -0.3 is 10.1 Å². The summed E-state index contributed by atoms with van der Waals surface area (Å²) < 4.78 is 33.2. The van der Waals surface area contributed by atoms with Crippen molar-refractivity contribution in [3.63, 3.8) is 0 Å². The van der Waals surface area contributed by atoms with Crippen LogP contribution in [0, 0.1) is 5.92 Å². The monoisotopic (exact) mass is 365 g/mol. The molecule has 138 valence electrons. The highest BCUT2D eigenvalue weighted by Gasteiger charge is 2.39. The van der Waals surface area contributed by atoms with Gasteiger partial charge in [0.05, 0.1) is 5.60 Å². The van der Waals surface area contributed by atoms with Crippen LogP contribution in [0.2, 0.25) is 0 Å². The van der Waals surface area contributed by atoms with E-state index in [9.17, 15) is 8.42 Å². The molecule has 4 rings (SSSR count). The highest BCUT2D eigenvalue weighted by molar-refractivity contribution is 7.89. The minimum atomic E-state index is -3.44. The van der Waals surface area contributed by atoms with Gasteiger partial charge in [-0.1, -0.05) is 12.8 Å². The minimum Gasteiger partial charge on any atom is -0.375 e. The normalized spacial score (nSPS) is 26.0. The fraction of sp³-hybridized carbons (Fsp3) is 0.722. The summed E-state index contributed by atoms with van der Waals surface area (Å²) in [7, 11) is -3.44. The molecule has 1 spiro atoms. The molecule has 0 radical (unpaired) electrons. The Bertz CT molecular complexity index is 695. The summed E-state index contributed by atoms with van der Waals surface area (Å²) in [6.45, 7) is 1.32. The summed E-state index contributed by atoms with van der Waals surface area (Å²) in [4.78, 5) is 4.56. The summed E-state index contributed by atoms with van der Waals surface area (Å²) >= 11 is 0. The van der Waals surface area contributed by atoms with Gasteiger partial charge in [0, 0.05) is 25.4 Å². The summed E-state index contributed by atoms with van der Waals surface area (Å²) in [6, 6.07) is 3.74. The lowest BCUT2D eigenvalue weighted by Crippen LogP contribution is -2.42. The van der Waals surface area contributed by atoms with Gasteiger partial charge in [-0.3, -0.25) is 0 Å². The molecule has 6 nitrogen and oxygen atoms in total. The van der Waals surface area contributed by atoms with Crippen LogP contribution in [0.3, 0.4) is 0 Å². The molecule has 0 bridgehead atoms. The van der Waals surface area contributed by atoms with Gasteiger partial charge >= 0.3 is 0 Å². The molecule has 2 N–H and O–H groups in total. The van der Waals surface area contributed by atoms with Crippen molar-refractivity contribution in [2.45, 2.75) is 67.9 Å². The van der Waals surface area contributed by atoms with E-state index in [-0.39, 0.29) is 10.5 Å². The molecule has 1 saturated heterocycles. The van der Waals surface area contributed by atoms with Crippen LogP contribution in [0.15, 0.2) is 23.2 Å². The van der Waals surface area contributed by atoms with Gasteiger partial charge in [-0.2, -0.15) is 0 Å². The van der Waals surface area contributed by atoms with Gasteiger partial charge in [-0.15, -0.1) is 0 Å². The van der Waals surface area contributed by atoms with E-state index in [2.05, 4.69) is 15.0 Å². The topological polar surface area (TPSA) is 80.3 Å². The van der Waals surface area contributed by atoms with Crippen LogP contribution in [0.5, 0.6) is 0 Å². The second-order valence-electron chi connectivity index (χ2n) is 7.75. The van der Waals surface area contributed by atoms with Crippen molar-refractivity contribution in [1.82, 2.24) is 9.71 Å². The minimum absolute atomic E-state index is 0.0614. The maximum absolute atomic E-state index is 12.2. The zero-order valence-corrected chi connectivity index (χ0v) is 15.4. The van der Waals surface area contributed by atoms with E-state index in [1.807, 2.05) is 0 Å². The van der Waals surface area contributed by atoms with Gasteiger partial charge in [0.2, 0.25) is 10.0 Å². The van der Waals surface area contributed by atoms with E-state index in [4.69, 9.17) is 4.74 Å². The Morgan fingerprint density at radius 2 is 2.00 bits per heavy atom. The van der Waals surface area contributed by atoms with Crippen molar-refractivity contribution >= 4 is 15.8 Å². The zero-order chi connectivity index (χ0) is 17.3. The number of nitrogens with zero attached hydrogens (tertiary/aromatic N) is 1. The Labute approximate surface area is 149 Å². The van der Waals surface area contributed by atoms with Crippen LogP contribution in [-0.4, -0.2) is 38.2 Å². The SMILES string of the molecule is O=S(=O)(NCC1CC1)c1ccc(NC2CCOC3(CCCC3)C2)nc1. The first-order valence-corrected chi connectivity index (χ1v) is 10.9. The molecule has 3 aliphatic rings. The first-order chi connectivity index (χ1) is 12.0. The van der Waals surface area contributed by atoms with E-state index < -0.39 is 10.0 Å². The molecule has 25 heavy (non-hydrogen) atoms. The quantitative estimate of drug-likeness (QED) is 0.810. The third-order valence-corrected chi connectivity index (χ3v) is 7.07. The highest BCUT2D eigenvalue weighted by atomic mass is 32.2. The zero-order valence-electron chi connectivity index (χ0n) is 14.5. The van der Waals surface area contributed by atoms with Crippen molar-refractivity contribution in [3.8, 4) is 0 Å². The smallest absolute Gasteiger partial charge is 0.242 e. The molecule has 2 aliphatic carbocycles. The summed E-state index contributed by atoms with van der Waals surface area (Å²) in [6.07, 6.45) is 10.5. The van der Waals surface area contributed by atoms with Gasteiger partial charge in [0.25, 0.3) is 0 Å². The van der Waals surface area contributed by atoms with Crippen LogP contribution < -0.4 is 10.0 Å². The Morgan fingerprint density at radius 1 is 1.20 bits per heavy atom. The van der Waals surface area contributed by atoms with E-state index in [0.29, 0.717) is 18.5 Å². The first-order valence-electron chi connectivity index (χ1n) is 9.41. The molecule has 1 unspecified atom stereocenters. The van der Waals surface area contributed by atoms with Crippen molar-refractivity contribution in [1.29, 1.82) is 0 Å². The molecular weight excluding hydrogens is 338 g/mol. The number of hydrogen-bond acceptors (Lipinski definition) is 5. The van der Waals surface area contributed by atoms with Gasteiger partial charge in [0.1, 0.15) is 10.7 Å². The van der Waals surface area contributed by atoms with Crippen LogP contribution in [0.1, 0.15) is 51.4 Å². The van der Waals surface area contributed by atoms with Gasteiger partial charge in [0.15, 0.2) is 0 Å². The molecule has 7 heteroatoms. The van der Waals surface area contributed by atoms with Crippen LogP contribution in [-0.2, 0) is 14.8 Å². The molecule has 1 atom stereocenters. The first kappa shape index (κ1) is 17.2. The van der Waals surface area contributed by atoms with Crippen molar-refractivity contribution in [2.24, 2.45) is 5.92 Å². The molecule has 1 aliphatic heterocycles. The van der Waals surface area contributed by atoms with Crippen molar-refractivity contribution in [2.75, 3.05) is 18.5 Å². The second kappa shape index (κ2) is 6.85. The number of aromatic nitrogens is 1. The summed E-state index contributed by atoms with van der Waals surface area (Å²) in [5, 5.41) is 3.46. The Kier molecular flexibility index (Phi) is 4.73. The number of hydrogen-bond donors (Lipinski definition) is 2. The Hall–Kier alpha value is -1.18. The van der Waals surface area contributed by atoms with E-state index in [1.54, 1.807) is 12.1 Å². The van der Waals surface area contributed by atoms with Crippen molar-refractivity contribution < 1.29 is 13.2 Å². The van der Waals surface area contributed by atoms with E-state index in [1.165, 1.54) is 19.0 Å². The lowest BCUT2D eigenvalue weighted by atomic mass is 9.89. The maximum atomic E-state index is 12.2. The molecular formula is C18H27N3O3S. The maximum Gasteiger partial charge on any atom is 0.242 e. The lowest BCUT2D eigenvalue weighted by Gasteiger charge is -2.38. The van der Waals surface area contributed by atoms with Crippen LogP contribution in [0.4, 0.5) is 5.82 Å². The molecule has 0 aromatic carbocycles. The number of ether oxygens (including phenoxy) is 1. The number of sulfonamides is 1. The molecule has 3 fully saturated rings. The van der Waals surface area contributed by atoms with Gasteiger partial charge in [-0.05, 0) is 56.6 Å². The predicted octanol–water partition coefficient (Wildman–Crippen LogP) is 2.67. The molecule has 2 heterocycles. The Balaban J connectivity index is 1.36. The standard InChI is InChI=1S/C18H27N3O3S/c22-25(23,20-12-14-3-4-14)16-5-6-17(19-13-16)21-15-7-10-24-18(11-15)8-1-2-9-18/h5-6,13-15,20H,1-4,7-12H2,(H,19,21). The molecule has 2 saturated carbocycles. The number of rotatable bonds is 6. The third kappa shape index (κ3) is 4.15. The molecule has 1 aromatic rings. The average Bonchev–Trinajstić information content (AvgIpc) is 3.34. The van der Waals surface area contributed by atoms with Gasteiger partial charge in [-0.25, -0.2) is 18.1 Å². The third-order valence-electron chi connectivity index (χ3n) is 5.67. The largest absolute Gasteiger partial charge is 0.375 e.